The number of aromatic carboxylic acids is 1. The minimum Gasteiger partial charge on any atom is -0.475 e. The molecule has 0 spiro atoms. The van der Waals surface area contributed by atoms with Gasteiger partial charge in [-0.25, -0.2) is 9.78 Å². The van der Waals surface area contributed by atoms with Gasteiger partial charge in [-0.2, -0.15) is 0 Å². The van der Waals surface area contributed by atoms with Crippen LogP contribution in [0.15, 0.2) is 10.6 Å². The van der Waals surface area contributed by atoms with E-state index in [4.69, 9.17) is 14.3 Å². The van der Waals surface area contributed by atoms with Gasteiger partial charge in [-0.3, -0.25) is 0 Å². The molecule has 0 bridgehead atoms. The van der Waals surface area contributed by atoms with Crippen molar-refractivity contribution in [3.63, 3.8) is 0 Å². The van der Waals surface area contributed by atoms with Gasteiger partial charge >= 0.3 is 5.97 Å². The van der Waals surface area contributed by atoms with Crippen LogP contribution >= 0.6 is 0 Å². The SMILES string of the molecule is CCOCc1ncc(C(=O)O)o1. The molecule has 0 atom stereocenters. The van der Waals surface area contributed by atoms with Gasteiger partial charge in [0.2, 0.25) is 11.7 Å². The molecular formula is C7H9NO4. The fourth-order valence-electron chi connectivity index (χ4n) is 0.665. The Balaban J connectivity index is 2.58. The number of aromatic nitrogens is 1. The Morgan fingerprint density at radius 2 is 2.58 bits per heavy atom. The molecule has 0 aromatic carbocycles. The number of ether oxygens (including phenoxy) is 1. The fraction of sp³-hybridized carbons (Fsp3) is 0.429. The number of hydrogen-bond acceptors (Lipinski definition) is 4. The van der Waals surface area contributed by atoms with Crippen LogP contribution in [0.2, 0.25) is 0 Å². The van der Waals surface area contributed by atoms with Crippen molar-refractivity contribution in [2.24, 2.45) is 0 Å². The lowest BCUT2D eigenvalue weighted by Gasteiger charge is -1.93. The topological polar surface area (TPSA) is 72.6 Å². The lowest BCUT2D eigenvalue weighted by atomic mass is 10.5. The maximum atomic E-state index is 10.3. The number of hydrogen-bond donors (Lipinski definition) is 1. The van der Waals surface area contributed by atoms with Crippen molar-refractivity contribution in [1.29, 1.82) is 0 Å². The van der Waals surface area contributed by atoms with Crippen LogP contribution in [0.5, 0.6) is 0 Å². The Labute approximate surface area is 69.0 Å². The zero-order chi connectivity index (χ0) is 8.97. The lowest BCUT2D eigenvalue weighted by Crippen LogP contribution is -1.93. The van der Waals surface area contributed by atoms with Crippen LogP contribution in [-0.4, -0.2) is 22.7 Å². The van der Waals surface area contributed by atoms with E-state index in [1.807, 2.05) is 6.92 Å². The van der Waals surface area contributed by atoms with Crippen LogP contribution in [0.25, 0.3) is 0 Å². The third-order valence-corrected chi connectivity index (χ3v) is 1.19. The molecule has 5 nitrogen and oxygen atoms in total. The number of carbonyl (C=O) groups is 1. The predicted octanol–water partition coefficient (Wildman–Crippen LogP) is 0.909. The van der Waals surface area contributed by atoms with Gasteiger partial charge in [-0.15, -0.1) is 0 Å². The molecule has 66 valence electrons. The average molecular weight is 171 g/mol. The van der Waals surface area contributed by atoms with Gasteiger partial charge in [0.25, 0.3) is 0 Å². The molecule has 1 aromatic rings. The Hall–Kier alpha value is -1.36. The number of carboxylic acids is 1. The highest BCUT2D eigenvalue weighted by Gasteiger charge is 2.09. The van der Waals surface area contributed by atoms with Gasteiger partial charge in [-0.1, -0.05) is 0 Å². The molecule has 1 aromatic heterocycles. The molecule has 0 radical (unpaired) electrons. The number of carboxylic acid groups (broad SMARTS) is 1. The zero-order valence-corrected chi connectivity index (χ0v) is 6.61. The van der Waals surface area contributed by atoms with E-state index in [-0.39, 0.29) is 18.3 Å². The molecule has 1 heterocycles. The molecule has 0 unspecified atom stereocenters. The van der Waals surface area contributed by atoms with Gasteiger partial charge in [0.1, 0.15) is 6.61 Å². The second-order valence-electron chi connectivity index (χ2n) is 2.06. The van der Waals surface area contributed by atoms with Gasteiger partial charge in [-0.05, 0) is 6.92 Å². The van der Waals surface area contributed by atoms with Gasteiger partial charge in [0.05, 0.1) is 6.20 Å². The second kappa shape index (κ2) is 3.87. The first-order valence-corrected chi connectivity index (χ1v) is 3.49. The minimum atomic E-state index is -1.12. The first-order valence-electron chi connectivity index (χ1n) is 3.49. The van der Waals surface area contributed by atoms with Crippen LogP contribution in [0.3, 0.4) is 0 Å². The highest BCUT2D eigenvalue weighted by atomic mass is 16.5. The Morgan fingerprint density at radius 3 is 3.08 bits per heavy atom. The third-order valence-electron chi connectivity index (χ3n) is 1.19. The van der Waals surface area contributed by atoms with E-state index in [1.165, 1.54) is 0 Å². The van der Waals surface area contributed by atoms with Crippen molar-refractivity contribution in [2.45, 2.75) is 13.5 Å². The minimum absolute atomic E-state index is 0.162. The van der Waals surface area contributed by atoms with Crippen LogP contribution in [-0.2, 0) is 11.3 Å². The fourth-order valence-corrected chi connectivity index (χ4v) is 0.665. The molecule has 1 N–H and O–H groups in total. The van der Waals surface area contributed by atoms with E-state index in [9.17, 15) is 4.79 Å². The van der Waals surface area contributed by atoms with Gasteiger partial charge in [0.15, 0.2) is 0 Å². The summed E-state index contributed by atoms with van der Waals surface area (Å²) in [7, 11) is 0. The molecule has 0 aliphatic heterocycles. The maximum Gasteiger partial charge on any atom is 0.373 e. The van der Waals surface area contributed by atoms with Gasteiger partial charge in [0, 0.05) is 6.61 Å². The molecule has 1 rings (SSSR count). The monoisotopic (exact) mass is 171 g/mol. The highest BCUT2D eigenvalue weighted by Crippen LogP contribution is 2.04. The van der Waals surface area contributed by atoms with E-state index < -0.39 is 5.97 Å². The molecule has 0 aliphatic rings. The molecule has 0 aliphatic carbocycles. The van der Waals surface area contributed by atoms with Crippen molar-refractivity contribution in [3.8, 4) is 0 Å². The molecule has 5 heteroatoms. The first-order chi connectivity index (χ1) is 5.74. The number of rotatable bonds is 4. The van der Waals surface area contributed by atoms with Crippen molar-refractivity contribution in [3.05, 3.63) is 17.8 Å². The number of oxazole rings is 1. The Bertz CT molecular complexity index is 268. The summed E-state index contributed by atoms with van der Waals surface area (Å²) in [4.78, 5) is 14.0. The van der Waals surface area contributed by atoms with Crippen LogP contribution in [0, 0.1) is 0 Å². The Morgan fingerprint density at radius 1 is 1.83 bits per heavy atom. The summed E-state index contributed by atoms with van der Waals surface area (Å²) in [6.07, 6.45) is 1.16. The van der Waals surface area contributed by atoms with Crippen LogP contribution in [0.4, 0.5) is 0 Å². The second-order valence-corrected chi connectivity index (χ2v) is 2.06. The zero-order valence-electron chi connectivity index (χ0n) is 6.61. The van der Waals surface area contributed by atoms with E-state index in [0.29, 0.717) is 6.61 Å². The van der Waals surface area contributed by atoms with Gasteiger partial charge < -0.3 is 14.3 Å². The van der Waals surface area contributed by atoms with E-state index in [0.717, 1.165) is 6.20 Å². The summed E-state index contributed by atoms with van der Waals surface area (Å²) in [5.74, 6) is -0.996. The summed E-state index contributed by atoms with van der Waals surface area (Å²) >= 11 is 0. The normalized spacial score (nSPS) is 10.1. The van der Waals surface area contributed by atoms with Crippen molar-refractivity contribution >= 4 is 5.97 Å². The predicted molar refractivity (Wildman–Crippen MR) is 38.8 cm³/mol. The van der Waals surface area contributed by atoms with Crippen LogP contribution < -0.4 is 0 Å². The lowest BCUT2D eigenvalue weighted by molar-refractivity contribution is 0.0649. The summed E-state index contributed by atoms with van der Waals surface area (Å²) < 4.78 is 9.77. The van der Waals surface area contributed by atoms with Crippen molar-refractivity contribution < 1.29 is 19.1 Å². The summed E-state index contributed by atoms with van der Waals surface area (Å²) in [6, 6.07) is 0. The summed E-state index contributed by atoms with van der Waals surface area (Å²) in [6.45, 7) is 2.59. The van der Waals surface area contributed by atoms with E-state index in [1.54, 1.807) is 0 Å². The maximum absolute atomic E-state index is 10.3. The largest absolute Gasteiger partial charge is 0.475 e. The Kier molecular flexibility index (Phi) is 2.82. The smallest absolute Gasteiger partial charge is 0.373 e. The molecular weight excluding hydrogens is 162 g/mol. The standard InChI is InChI=1S/C7H9NO4/c1-2-11-4-6-8-3-5(12-6)7(9)10/h3H,2,4H2,1H3,(H,9,10). The first kappa shape index (κ1) is 8.73. The molecule has 12 heavy (non-hydrogen) atoms. The van der Waals surface area contributed by atoms with E-state index >= 15 is 0 Å². The average Bonchev–Trinajstić information content (AvgIpc) is 2.48. The highest BCUT2D eigenvalue weighted by molar-refractivity contribution is 5.83. The summed E-state index contributed by atoms with van der Waals surface area (Å²) in [5.41, 5.74) is 0. The number of nitrogens with zero attached hydrogens (tertiary/aromatic N) is 1. The molecule has 0 fully saturated rings. The summed E-state index contributed by atoms with van der Waals surface area (Å²) in [5, 5.41) is 8.45. The molecule has 0 amide bonds. The van der Waals surface area contributed by atoms with Crippen molar-refractivity contribution in [2.75, 3.05) is 6.61 Å². The van der Waals surface area contributed by atoms with Crippen molar-refractivity contribution in [1.82, 2.24) is 4.98 Å². The molecule has 0 saturated heterocycles. The van der Waals surface area contributed by atoms with E-state index in [2.05, 4.69) is 4.98 Å². The molecule has 0 saturated carbocycles. The quantitative estimate of drug-likeness (QED) is 0.728. The third kappa shape index (κ3) is 2.06. The van der Waals surface area contributed by atoms with Crippen LogP contribution in [0.1, 0.15) is 23.4 Å².